The second-order valence-corrected chi connectivity index (χ2v) is 7.21. The average molecular weight is 279 g/mol. The van der Waals surface area contributed by atoms with E-state index in [-0.39, 0.29) is 0 Å². The van der Waals surface area contributed by atoms with Crippen molar-refractivity contribution < 1.29 is 4.48 Å². The summed E-state index contributed by atoms with van der Waals surface area (Å²) >= 11 is 0. The summed E-state index contributed by atoms with van der Waals surface area (Å²) in [5.41, 5.74) is 1.57. The van der Waals surface area contributed by atoms with Crippen molar-refractivity contribution in [1.29, 1.82) is 0 Å². The second-order valence-electron chi connectivity index (χ2n) is 7.21. The molecule has 0 aromatic heterocycles. The highest BCUT2D eigenvalue weighted by Gasteiger charge is 2.26. The highest BCUT2D eigenvalue weighted by Crippen LogP contribution is 2.29. The van der Waals surface area contributed by atoms with Gasteiger partial charge in [-0.2, -0.15) is 0 Å². The highest BCUT2D eigenvalue weighted by molar-refractivity contribution is 5.22. The minimum absolute atomic E-state index is 0.694. The molecule has 1 atom stereocenters. The summed E-state index contributed by atoms with van der Waals surface area (Å²) in [5, 5.41) is 0. The van der Waals surface area contributed by atoms with Crippen molar-refractivity contribution in [3.63, 3.8) is 0 Å². The summed E-state index contributed by atoms with van der Waals surface area (Å²) in [4.78, 5) is 0. The van der Waals surface area contributed by atoms with E-state index in [1.165, 1.54) is 64.2 Å². The Bertz CT molecular complexity index is 306. The Morgan fingerprint density at radius 3 is 1.95 bits per heavy atom. The van der Waals surface area contributed by atoms with Gasteiger partial charge in [-0.05, 0) is 12.5 Å². The second kappa shape index (κ2) is 9.39. The fraction of sp³-hybridized carbons (Fsp3) is 0.789. The Morgan fingerprint density at radius 2 is 1.40 bits per heavy atom. The number of allylic oxidation sites excluding steroid dienone is 3. The summed E-state index contributed by atoms with van der Waals surface area (Å²) < 4.78 is 0.981. The summed E-state index contributed by atoms with van der Waals surface area (Å²) in [5.74, 6) is 0.694. The predicted octanol–water partition coefficient (Wildman–Crippen LogP) is 5.68. The van der Waals surface area contributed by atoms with E-state index >= 15 is 0 Å². The maximum absolute atomic E-state index is 2.39. The lowest BCUT2D eigenvalue weighted by Crippen LogP contribution is -2.35. The van der Waals surface area contributed by atoms with Gasteiger partial charge in [0, 0.05) is 0 Å². The molecule has 0 bridgehead atoms. The summed E-state index contributed by atoms with van der Waals surface area (Å²) in [6.07, 6.45) is 21.1. The molecule has 20 heavy (non-hydrogen) atoms. The first-order valence-electron chi connectivity index (χ1n) is 8.76. The molecule has 1 heteroatoms. The SMILES string of the molecule is CCCCCCCCCCCC1C=CC=C1[N+](C)(C)C. The summed E-state index contributed by atoms with van der Waals surface area (Å²) in [6, 6.07) is 0. The molecule has 0 radical (unpaired) electrons. The van der Waals surface area contributed by atoms with Crippen molar-refractivity contribution in [2.45, 2.75) is 71.1 Å². The molecule has 0 N–H and O–H groups in total. The maximum atomic E-state index is 2.39. The number of quaternary nitrogens is 1. The number of hydrogen-bond acceptors (Lipinski definition) is 0. The van der Waals surface area contributed by atoms with E-state index in [2.05, 4.69) is 46.3 Å². The monoisotopic (exact) mass is 278 g/mol. The molecule has 0 aromatic rings. The third-order valence-electron chi connectivity index (χ3n) is 4.38. The largest absolute Gasteiger partial charge is 0.301 e. The summed E-state index contributed by atoms with van der Waals surface area (Å²) in [7, 11) is 6.84. The van der Waals surface area contributed by atoms with Crippen molar-refractivity contribution in [1.82, 2.24) is 0 Å². The topological polar surface area (TPSA) is 0 Å². The van der Waals surface area contributed by atoms with Crippen molar-refractivity contribution >= 4 is 0 Å². The molecule has 1 aliphatic carbocycles. The zero-order chi connectivity index (χ0) is 14.8. The molecule has 0 saturated carbocycles. The van der Waals surface area contributed by atoms with Gasteiger partial charge in [-0.1, -0.05) is 76.9 Å². The van der Waals surface area contributed by atoms with Gasteiger partial charge in [-0.3, -0.25) is 0 Å². The van der Waals surface area contributed by atoms with Crippen LogP contribution in [0.4, 0.5) is 0 Å². The van der Waals surface area contributed by atoms with Crippen LogP contribution in [0.15, 0.2) is 23.9 Å². The lowest BCUT2D eigenvalue weighted by Gasteiger charge is -2.29. The van der Waals surface area contributed by atoms with Crippen LogP contribution in [-0.4, -0.2) is 25.6 Å². The van der Waals surface area contributed by atoms with E-state index in [1.807, 2.05) is 0 Å². The van der Waals surface area contributed by atoms with Crippen LogP contribution in [-0.2, 0) is 0 Å². The first kappa shape index (κ1) is 17.5. The van der Waals surface area contributed by atoms with Crippen LogP contribution in [0.1, 0.15) is 71.1 Å². The Hall–Kier alpha value is -0.560. The van der Waals surface area contributed by atoms with Crippen molar-refractivity contribution in [2.24, 2.45) is 5.92 Å². The van der Waals surface area contributed by atoms with Gasteiger partial charge in [0.25, 0.3) is 0 Å². The van der Waals surface area contributed by atoms with E-state index in [0.717, 1.165) is 4.48 Å². The van der Waals surface area contributed by atoms with Crippen molar-refractivity contribution in [3.8, 4) is 0 Å². The minimum atomic E-state index is 0.694. The lowest BCUT2D eigenvalue weighted by molar-refractivity contribution is -0.834. The summed E-state index contributed by atoms with van der Waals surface area (Å²) in [6.45, 7) is 2.29. The van der Waals surface area contributed by atoms with E-state index in [0.29, 0.717) is 5.92 Å². The van der Waals surface area contributed by atoms with Crippen molar-refractivity contribution in [3.05, 3.63) is 23.9 Å². The van der Waals surface area contributed by atoms with Crippen LogP contribution in [0.2, 0.25) is 0 Å². The predicted molar refractivity (Wildman–Crippen MR) is 90.6 cm³/mol. The van der Waals surface area contributed by atoms with Gasteiger partial charge < -0.3 is 4.48 Å². The van der Waals surface area contributed by atoms with Gasteiger partial charge in [-0.15, -0.1) is 0 Å². The lowest BCUT2D eigenvalue weighted by atomic mass is 9.98. The number of unbranched alkanes of at least 4 members (excludes halogenated alkanes) is 8. The van der Waals surface area contributed by atoms with Crippen LogP contribution in [0.25, 0.3) is 0 Å². The van der Waals surface area contributed by atoms with Gasteiger partial charge >= 0.3 is 0 Å². The molecule has 0 heterocycles. The molecule has 0 aromatic carbocycles. The van der Waals surface area contributed by atoms with Crippen LogP contribution in [0.5, 0.6) is 0 Å². The molecular weight excluding hydrogens is 242 g/mol. The molecule has 0 amide bonds. The Kier molecular flexibility index (Phi) is 8.21. The van der Waals surface area contributed by atoms with E-state index in [4.69, 9.17) is 0 Å². The third kappa shape index (κ3) is 6.74. The Morgan fingerprint density at radius 1 is 0.850 bits per heavy atom. The minimum Gasteiger partial charge on any atom is -0.301 e. The molecule has 1 aliphatic rings. The fourth-order valence-electron chi connectivity index (χ4n) is 3.15. The Balaban J connectivity index is 2.02. The van der Waals surface area contributed by atoms with Gasteiger partial charge in [0.1, 0.15) is 5.70 Å². The zero-order valence-electron chi connectivity index (χ0n) is 14.3. The van der Waals surface area contributed by atoms with Gasteiger partial charge in [0.2, 0.25) is 0 Å². The van der Waals surface area contributed by atoms with Gasteiger partial charge in [0.15, 0.2) is 0 Å². The average Bonchev–Trinajstić information content (AvgIpc) is 2.85. The third-order valence-corrected chi connectivity index (χ3v) is 4.38. The molecule has 0 saturated heterocycles. The number of nitrogens with zero attached hydrogens (tertiary/aromatic N) is 1. The van der Waals surface area contributed by atoms with E-state index in [1.54, 1.807) is 5.70 Å². The molecule has 1 nitrogen and oxygen atoms in total. The molecule has 1 unspecified atom stereocenters. The van der Waals surface area contributed by atoms with Crippen LogP contribution in [0, 0.1) is 5.92 Å². The molecule has 116 valence electrons. The van der Waals surface area contributed by atoms with Crippen LogP contribution < -0.4 is 0 Å². The van der Waals surface area contributed by atoms with Gasteiger partial charge in [-0.25, -0.2) is 0 Å². The number of hydrogen-bond donors (Lipinski definition) is 0. The van der Waals surface area contributed by atoms with E-state index < -0.39 is 0 Å². The Labute approximate surface area is 127 Å². The molecule has 0 fully saturated rings. The molecule has 0 spiro atoms. The number of rotatable bonds is 11. The standard InChI is InChI=1S/C19H36N/c1-5-6-7-8-9-10-11-12-13-15-18-16-14-17-19(18)20(2,3)4/h14,16-18H,5-13,15H2,1-4H3/q+1. The first-order chi connectivity index (χ1) is 9.55. The zero-order valence-corrected chi connectivity index (χ0v) is 14.3. The van der Waals surface area contributed by atoms with E-state index in [9.17, 15) is 0 Å². The van der Waals surface area contributed by atoms with Crippen LogP contribution in [0.3, 0.4) is 0 Å². The molecule has 1 rings (SSSR count). The highest BCUT2D eigenvalue weighted by atomic mass is 15.3. The van der Waals surface area contributed by atoms with Gasteiger partial charge in [0.05, 0.1) is 27.1 Å². The van der Waals surface area contributed by atoms with Crippen molar-refractivity contribution in [2.75, 3.05) is 21.1 Å². The fourth-order valence-corrected chi connectivity index (χ4v) is 3.15. The smallest absolute Gasteiger partial charge is 0.115 e. The maximum Gasteiger partial charge on any atom is 0.115 e. The quantitative estimate of drug-likeness (QED) is 0.337. The molecule has 0 aliphatic heterocycles. The van der Waals surface area contributed by atoms with Crippen LogP contribution >= 0.6 is 0 Å². The normalized spacial score (nSPS) is 18.6. The first-order valence-corrected chi connectivity index (χ1v) is 8.76. The molecular formula is C19H36N+.